The van der Waals surface area contributed by atoms with Crippen molar-refractivity contribution in [3.05, 3.63) is 53.2 Å². The molecule has 3 aliphatic heterocycles. The minimum absolute atomic E-state index is 0.0190. The quantitative estimate of drug-likeness (QED) is 0.329. The monoisotopic (exact) mass is 586 g/mol. The number of carbonyl (C=O) groups excluding carboxylic acids is 1. The van der Waals surface area contributed by atoms with E-state index in [0.29, 0.717) is 49.4 Å². The van der Waals surface area contributed by atoms with E-state index in [-0.39, 0.29) is 28.6 Å². The van der Waals surface area contributed by atoms with Gasteiger partial charge in [-0.05, 0) is 36.8 Å². The zero-order chi connectivity index (χ0) is 28.5. The number of amides is 1. The summed E-state index contributed by atoms with van der Waals surface area (Å²) in [4.78, 5) is 35.9. The van der Waals surface area contributed by atoms with Crippen LogP contribution in [0.2, 0.25) is 0 Å². The number of likely N-dealkylation sites (tertiary alicyclic amines) is 1. The summed E-state index contributed by atoms with van der Waals surface area (Å²) in [6.07, 6.45) is 5.03. The Kier molecular flexibility index (Phi) is 6.08. The van der Waals surface area contributed by atoms with Crippen LogP contribution < -0.4 is 4.90 Å². The van der Waals surface area contributed by atoms with Crippen LogP contribution in [-0.2, 0) is 16.0 Å². The first kappa shape index (κ1) is 26.1. The molecule has 1 unspecified atom stereocenters. The molecule has 12 heteroatoms. The van der Waals surface area contributed by atoms with Gasteiger partial charge in [0.2, 0.25) is 17.7 Å². The zero-order valence-electron chi connectivity index (χ0n) is 23.9. The number of fused-ring (bicyclic) bond motifs is 1. The molecule has 0 N–H and O–H groups in total. The Morgan fingerprint density at radius 3 is 2.74 bits per heavy atom. The van der Waals surface area contributed by atoms with Crippen LogP contribution in [-0.4, -0.2) is 80.3 Å². The van der Waals surface area contributed by atoms with E-state index in [4.69, 9.17) is 14.1 Å². The fourth-order valence-corrected chi connectivity index (χ4v) is 7.88. The molecule has 218 valence electrons. The molecule has 8 rings (SSSR count). The number of hydrogen-bond acceptors (Lipinski definition) is 11. The largest absolute Gasteiger partial charge is 0.424 e. The van der Waals surface area contributed by atoms with Crippen molar-refractivity contribution in [2.45, 2.75) is 51.4 Å². The van der Waals surface area contributed by atoms with Gasteiger partial charge in [-0.25, -0.2) is 15.0 Å². The summed E-state index contributed by atoms with van der Waals surface area (Å²) < 4.78 is 12.9. The summed E-state index contributed by atoms with van der Waals surface area (Å²) in [6.45, 7) is 8.73. The maximum atomic E-state index is 13.2. The van der Waals surface area contributed by atoms with Gasteiger partial charge in [0.15, 0.2) is 11.5 Å². The lowest BCUT2D eigenvalue weighted by Crippen LogP contribution is -2.62. The highest BCUT2D eigenvalue weighted by molar-refractivity contribution is 7.17. The van der Waals surface area contributed by atoms with Crippen LogP contribution in [0.15, 0.2) is 34.5 Å². The molecule has 1 amide bonds. The van der Waals surface area contributed by atoms with Gasteiger partial charge in [0, 0.05) is 68.0 Å². The Morgan fingerprint density at radius 2 is 1.93 bits per heavy atom. The Hall–Kier alpha value is -3.51. The summed E-state index contributed by atoms with van der Waals surface area (Å²) >= 11 is 1.55. The van der Waals surface area contributed by atoms with Gasteiger partial charge >= 0.3 is 0 Å². The Morgan fingerprint density at radius 1 is 1.10 bits per heavy atom. The third-order valence-corrected chi connectivity index (χ3v) is 10.6. The summed E-state index contributed by atoms with van der Waals surface area (Å²) in [7, 11) is 0. The van der Waals surface area contributed by atoms with E-state index in [0.717, 1.165) is 60.9 Å². The Labute approximate surface area is 247 Å². The number of ether oxygens (including phenoxy) is 1. The lowest BCUT2D eigenvalue weighted by Gasteiger charge is -2.50. The first-order chi connectivity index (χ1) is 20.4. The molecule has 2 atom stereocenters. The van der Waals surface area contributed by atoms with Crippen molar-refractivity contribution in [3.63, 3.8) is 0 Å². The third kappa shape index (κ3) is 4.46. The minimum Gasteiger partial charge on any atom is -0.424 e. The first-order valence-corrected chi connectivity index (χ1v) is 15.7. The van der Waals surface area contributed by atoms with Crippen molar-refractivity contribution in [3.8, 4) is 0 Å². The predicted molar refractivity (Wildman–Crippen MR) is 155 cm³/mol. The highest BCUT2D eigenvalue weighted by Gasteiger charge is 2.61. The van der Waals surface area contributed by atoms with E-state index in [1.165, 1.54) is 0 Å². The van der Waals surface area contributed by atoms with Crippen molar-refractivity contribution in [1.82, 2.24) is 35.0 Å². The molecular weight excluding hydrogens is 552 g/mol. The molecule has 1 saturated carbocycles. The molecule has 42 heavy (non-hydrogen) atoms. The minimum atomic E-state index is -0.179. The number of carbonyl (C=O) groups is 1. The van der Waals surface area contributed by atoms with Crippen molar-refractivity contribution in [2.75, 3.05) is 44.3 Å². The van der Waals surface area contributed by atoms with Crippen molar-refractivity contribution in [2.24, 2.45) is 16.7 Å². The molecule has 4 aromatic rings. The molecule has 4 aliphatic rings. The first-order valence-electron chi connectivity index (χ1n) is 14.8. The number of aromatic nitrogens is 6. The Balaban J connectivity index is 1.05. The van der Waals surface area contributed by atoms with Gasteiger partial charge < -0.3 is 19.0 Å². The van der Waals surface area contributed by atoms with E-state index >= 15 is 0 Å². The molecule has 4 aromatic heterocycles. The summed E-state index contributed by atoms with van der Waals surface area (Å²) in [5.41, 5.74) is 4.48. The molecule has 0 aromatic carbocycles. The lowest BCUT2D eigenvalue weighted by atomic mass is 9.71. The van der Waals surface area contributed by atoms with Crippen LogP contribution in [0.4, 0.5) is 5.82 Å². The number of pyridine rings is 1. The van der Waals surface area contributed by atoms with E-state index in [1.54, 1.807) is 17.7 Å². The highest BCUT2D eigenvalue weighted by atomic mass is 32.1. The lowest BCUT2D eigenvalue weighted by molar-refractivity contribution is -0.145. The second kappa shape index (κ2) is 9.77. The van der Waals surface area contributed by atoms with Crippen LogP contribution in [0.5, 0.6) is 0 Å². The standard InChI is InChI=1S/C30H34N8O3S/c1-29(2)11-20(29)28(39)38-14-30(15-38)13-37(26-24-25(31-16-32-26)33-17-42-24)12-21(30)27-36-35-23(41-27)10-19-4-3-5-22(34-19)18-6-8-40-9-7-18/h3-5,16-18,20-21H,6-15H2,1-2H3/t20-,21?/m1/s1. The summed E-state index contributed by atoms with van der Waals surface area (Å²) in [5.74, 6) is 2.88. The molecule has 3 saturated heterocycles. The molecule has 7 heterocycles. The maximum absolute atomic E-state index is 13.2. The predicted octanol–water partition coefficient (Wildman–Crippen LogP) is 3.83. The van der Waals surface area contributed by atoms with Gasteiger partial charge in [-0.1, -0.05) is 19.9 Å². The number of nitrogens with zero attached hydrogens (tertiary/aromatic N) is 8. The average Bonchev–Trinajstić information content (AvgIpc) is 3.45. The van der Waals surface area contributed by atoms with Gasteiger partial charge in [0.25, 0.3) is 0 Å². The average molecular weight is 587 g/mol. The molecule has 1 aliphatic carbocycles. The fraction of sp³-hybridized carbons (Fsp3) is 0.567. The van der Waals surface area contributed by atoms with E-state index < -0.39 is 0 Å². The molecule has 0 bridgehead atoms. The smallest absolute Gasteiger partial charge is 0.226 e. The molecule has 1 spiro atoms. The van der Waals surface area contributed by atoms with Gasteiger partial charge in [0.1, 0.15) is 11.0 Å². The molecular formula is C30H34N8O3S. The van der Waals surface area contributed by atoms with Gasteiger partial charge in [-0.3, -0.25) is 9.78 Å². The fourth-order valence-electron chi connectivity index (χ4n) is 7.13. The number of rotatable bonds is 6. The second-order valence-corrected chi connectivity index (χ2v) is 13.9. The van der Waals surface area contributed by atoms with E-state index in [2.05, 4.69) is 56.0 Å². The number of anilines is 1. The molecule has 4 fully saturated rings. The van der Waals surface area contributed by atoms with Crippen molar-refractivity contribution < 1.29 is 13.9 Å². The van der Waals surface area contributed by atoms with Crippen LogP contribution in [0.1, 0.15) is 68.1 Å². The van der Waals surface area contributed by atoms with Crippen LogP contribution in [0.3, 0.4) is 0 Å². The van der Waals surface area contributed by atoms with Crippen LogP contribution in [0.25, 0.3) is 10.3 Å². The normalized spacial score (nSPS) is 24.8. The molecule has 0 radical (unpaired) electrons. The van der Waals surface area contributed by atoms with E-state index in [1.807, 2.05) is 16.5 Å². The van der Waals surface area contributed by atoms with Crippen molar-refractivity contribution in [1.29, 1.82) is 0 Å². The van der Waals surface area contributed by atoms with E-state index in [9.17, 15) is 4.79 Å². The summed E-state index contributed by atoms with van der Waals surface area (Å²) in [6, 6.07) is 6.20. The molecule has 11 nitrogen and oxygen atoms in total. The summed E-state index contributed by atoms with van der Waals surface area (Å²) in [5, 5.41) is 9.03. The van der Waals surface area contributed by atoms with Gasteiger partial charge in [-0.15, -0.1) is 21.5 Å². The number of hydrogen-bond donors (Lipinski definition) is 0. The SMILES string of the molecule is CC1(C)C[C@@H]1C(=O)N1CC2(C1)CN(c1ncnc3ncsc13)CC2c1nnc(Cc2cccc(C3CCOCC3)n2)o1. The highest BCUT2D eigenvalue weighted by Crippen LogP contribution is 2.56. The maximum Gasteiger partial charge on any atom is 0.226 e. The number of thiazole rings is 1. The van der Waals surface area contributed by atoms with Crippen LogP contribution in [0, 0.1) is 16.7 Å². The Bertz CT molecular complexity index is 1640. The third-order valence-electron chi connectivity index (χ3n) is 9.77. The van der Waals surface area contributed by atoms with Crippen molar-refractivity contribution >= 4 is 33.4 Å². The van der Waals surface area contributed by atoms with Gasteiger partial charge in [0.05, 0.1) is 17.8 Å². The topological polar surface area (TPSA) is 123 Å². The second-order valence-electron chi connectivity index (χ2n) is 13.1. The van der Waals surface area contributed by atoms with Crippen LogP contribution >= 0.6 is 11.3 Å². The van der Waals surface area contributed by atoms with Gasteiger partial charge in [-0.2, -0.15) is 0 Å². The zero-order valence-corrected chi connectivity index (χ0v) is 24.7.